The van der Waals surface area contributed by atoms with Gasteiger partial charge in [0.15, 0.2) is 6.29 Å². The number of benzene rings is 1. The van der Waals surface area contributed by atoms with E-state index in [4.69, 9.17) is 11.6 Å². The summed E-state index contributed by atoms with van der Waals surface area (Å²) < 4.78 is 0. The van der Waals surface area contributed by atoms with Gasteiger partial charge in [0.05, 0.1) is 16.1 Å². The molecule has 4 nitrogen and oxygen atoms in total. The van der Waals surface area contributed by atoms with E-state index in [9.17, 15) is 14.7 Å². The highest BCUT2D eigenvalue weighted by atomic mass is 35.5. The number of nitrogens with one attached hydrogen (secondary N) is 1. The molecule has 1 aliphatic carbocycles. The first-order valence-corrected chi connectivity index (χ1v) is 7.09. The van der Waals surface area contributed by atoms with Gasteiger partial charge in [0.25, 0.3) is 5.91 Å². The molecular formula is C15H18ClNO3. The second kappa shape index (κ2) is 5.83. The van der Waals surface area contributed by atoms with Crippen molar-refractivity contribution in [1.82, 2.24) is 5.32 Å². The summed E-state index contributed by atoms with van der Waals surface area (Å²) in [4.78, 5) is 23.0. The predicted octanol–water partition coefficient (Wildman–Crippen LogP) is 3.02. The average Bonchev–Trinajstić information content (AvgIpc) is 2.33. The Hall–Kier alpha value is -1.55. The number of carbonyl (C=O) groups is 2. The molecule has 1 aromatic carbocycles. The Balaban J connectivity index is 2.06. The molecule has 5 heteroatoms. The molecule has 0 heterocycles. The Kier molecular flexibility index (Phi) is 4.33. The molecule has 2 rings (SSSR count). The fourth-order valence-electron chi connectivity index (χ4n) is 2.46. The van der Waals surface area contributed by atoms with Crippen molar-refractivity contribution in [3.63, 3.8) is 0 Å². The number of hydrogen-bond acceptors (Lipinski definition) is 3. The zero-order valence-corrected chi connectivity index (χ0v) is 12.3. The topological polar surface area (TPSA) is 66.4 Å². The highest BCUT2D eigenvalue weighted by molar-refractivity contribution is 6.36. The molecule has 0 atom stereocenters. The van der Waals surface area contributed by atoms with Crippen LogP contribution in [0.1, 0.15) is 47.4 Å². The van der Waals surface area contributed by atoms with Crippen LogP contribution in [0.15, 0.2) is 12.1 Å². The first-order chi connectivity index (χ1) is 9.43. The van der Waals surface area contributed by atoms with Crippen LogP contribution in [0.3, 0.4) is 0 Å². The van der Waals surface area contributed by atoms with Gasteiger partial charge in [-0.15, -0.1) is 0 Å². The van der Waals surface area contributed by atoms with Crippen LogP contribution in [-0.4, -0.2) is 23.3 Å². The molecule has 108 valence electrons. The summed E-state index contributed by atoms with van der Waals surface area (Å²) >= 11 is 5.98. The molecule has 0 aromatic heterocycles. The minimum Gasteiger partial charge on any atom is -0.507 e. The minimum absolute atomic E-state index is 0.00256. The molecule has 0 radical (unpaired) electrons. The number of amides is 1. The highest BCUT2D eigenvalue weighted by Crippen LogP contribution is 2.34. The summed E-state index contributed by atoms with van der Waals surface area (Å²) in [6, 6.07) is 2.90. The van der Waals surface area contributed by atoms with E-state index in [1.807, 2.05) is 0 Å². The Morgan fingerprint density at radius 2 is 2.10 bits per heavy atom. The van der Waals surface area contributed by atoms with Crippen molar-refractivity contribution in [3.8, 4) is 5.75 Å². The van der Waals surface area contributed by atoms with Crippen LogP contribution in [0.25, 0.3) is 0 Å². The summed E-state index contributed by atoms with van der Waals surface area (Å²) in [5, 5.41) is 12.4. The maximum Gasteiger partial charge on any atom is 0.253 e. The average molecular weight is 296 g/mol. The maximum absolute atomic E-state index is 12.1. The van der Waals surface area contributed by atoms with E-state index in [1.54, 1.807) is 0 Å². The number of phenols is 1. The lowest BCUT2D eigenvalue weighted by Gasteiger charge is -2.38. The van der Waals surface area contributed by atoms with E-state index >= 15 is 0 Å². The molecule has 20 heavy (non-hydrogen) atoms. The molecule has 1 saturated carbocycles. The van der Waals surface area contributed by atoms with Gasteiger partial charge in [0.2, 0.25) is 0 Å². The number of carbonyl (C=O) groups excluding carboxylic acids is 2. The lowest BCUT2D eigenvalue weighted by molar-refractivity contribution is 0.0863. The molecular weight excluding hydrogens is 278 g/mol. The van der Waals surface area contributed by atoms with Crippen LogP contribution in [0.2, 0.25) is 5.02 Å². The number of aldehydes is 1. The zero-order chi connectivity index (χ0) is 14.9. The van der Waals surface area contributed by atoms with Crippen LogP contribution in [0, 0.1) is 11.8 Å². The third-order valence-electron chi connectivity index (χ3n) is 3.97. The SMILES string of the molecule is CC(C)C1CC(NC(=O)c2ccc(O)c(C=O)c2Cl)C1. The number of halogens is 1. The Morgan fingerprint density at radius 3 is 2.65 bits per heavy atom. The molecule has 1 amide bonds. The number of hydrogen-bond donors (Lipinski definition) is 2. The number of phenolic OH excluding ortho intramolecular Hbond substituents is 1. The normalized spacial score (nSPS) is 21.4. The van der Waals surface area contributed by atoms with Gasteiger partial charge in [-0.25, -0.2) is 0 Å². The van der Waals surface area contributed by atoms with Gasteiger partial charge in [-0.1, -0.05) is 25.4 Å². The molecule has 0 bridgehead atoms. The molecule has 0 saturated heterocycles. The van der Waals surface area contributed by atoms with E-state index in [0.29, 0.717) is 18.1 Å². The second-order valence-electron chi connectivity index (χ2n) is 5.62. The van der Waals surface area contributed by atoms with Crippen LogP contribution in [0.5, 0.6) is 5.75 Å². The van der Waals surface area contributed by atoms with E-state index in [0.717, 1.165) is 12.8 Å². The third-order valence-corrected chi connectivity index (χ3v) is 4.38. The van der Waals surface area contributed by atoms with Crippen molar-refractivity contribution in [3.05, 3.63) is 28.3 Å². The molecule has 0 spiro atoms. The third kappa shape index (κ3) is 2.80. The fraction of sp³-hybridized carbons (Fsp3) is 0.467. The zero-order valence-electron chi connectivity index (χ0n) is 11.5. The largest absolute Gasteiger partial charge is 0.507 e. The van der Waals surface area contributed by atoms with Crippen molar-refractivity contribution < 1.29 is 14.7 Å². The van der Waals surface area contributed by atoms with Crippen LogP contribution in [0.4, 0.5) is 0 Å². The quantitative estimate of drug-likeness (QED) is 0.839. The summed E-state index contributed by atoms with van der Waals surface area (Å²) in [6.45, 7) is 4.35. The number of aromatic hydroxyl groups is 1. The molecule has 0 unspecified atom stereocenters. The summed E-state index contributed by atoms with van der Waals surface area (Å²) in [5.74, 6) is 0.763. The van der Waals surface area contributed by atoms with Crippen molar-refractivity contribution in [2.75, 3.05) is 0 Å². The van der Waals surface area contributed by atoms with Gasteiger partial charge < -0.3 is 10.4 Å². The Labute approximate surface area is 123 Å². The fourth-order valence-corrected chi connectivity index (χ4v) is 2.75. The molecule has 1 fully saturated rings. The highest BCUT2D eigenvalue weighted by Gasteiger charge is 2.32. The van der Waals surface area contributed by atoms with Gasteiger partial charge in [-0.3, -0.25) is 9.59 Å². The van der Waals surface area contributed by atoms with Crippen molar-refractivity contribution in [2.45, 2.75) is 32.7 Å². The summed E-state index contributed by atoms with van der Waals surface area (Å²) in [5.41, 5.74) is 0.174. The van der Waals surface area contributed by atoms with Gasteiger partial charge in [0, 0.05) is 6.04 Å². The lowest BCUT2D eigenvalue weighted by Crippen LogP contribution is -2.45. The summed E-state index contributed by atoms with van der Waals surface area (Å²) in [7, 11) is 0. The Morgan fingerprint density at radius 1 is 1.45 bits per heavy atom. The lowest BCUT2D eigenvalue weighted by atomic mass is 9.73. The molecule has 2 N–H and O–H groups in total. The standard InChI is InChI=1S/C15H18ClNO3/c1-8(2)9-5-10(6-9)17-15(20)11-3-4-13(19)12(7-18)14(11)16/h3-4,7-10,19H,5-6H2,1-2H3,(H,17,20). The monoisotopic (exact) mass is 295 g/mol. The second-order valence-corrected chi connectivity index (χ2v) is 6.00. The smallest absolute Gasteiger partial charge is 0.253 e. The van der Waals surface area contributed by atoms with E-state index < -0.39 is 0 Å². The van der Waals surface area contributed by atoms with Gasteiger partial charge >= 0.3 is 0 Å². The van der Waals surface area contributed by atoms with Crippen LogP contribution >= 0.6 is 11.6 Å². The molecule has 1 aliphatic rings. The summed E-state index contributed by atoms with van der Waals surface area (Å²) in [6.07, 6.45) is 2.39. The molecule has 1 aromatic rings. The van der Waals surface area contributed by atoms with E-state index in [-0.39, 0.29) is 33.8 Å². The maximum atomic E-state index is 12.1. The first-order valence-electron chi connectivity index (χ1n) is 6.71. The van der Waals surface area contributed by atoms with Crippen molar-refractivity contribution in [2.24, 2.45) is 11.8 Å². The van der Waals surface area contributed by atoms with Crippen molar-refractivity contribution >= 4 is 23.8 Å². The van der Waals surface area contributed by atoms with Crippen LogP contribution in [-0.2, 0) is 0 Å². The van der Waals surface area contributed by atoms with Gasteiger partial charge in [-0.05, 0) is 36.8 Å². The van der Waals surface area contributed by atoms with E-state index in [1.165, 1.54) is 12.1 Å². The first kappa shape index (κ1) is 14.9. The van der Waals surface area contributed by atoms with Gasteiger partial charge in [-0.2, -0.15) is 0 Å². The van der Waals surface area contributed by atoms with Crippen molar-refractivity contribution in [1.29, 1.82) is 0 Å². The number of rotatable bonds is 4. The van der Waals surface area contributed by atoms with E-state index in [2.05, 4.69) is 19.2 Å². The molecule has 0 aliphatic heterocycles. The Bertz CT molecular complexity index is 536. The minimum atomic E-state index is -0.301. The van der Waals surface area contributed by atoms with Crippen LogP contribution < -0.4 is 5.32 Å². The predicted molar refractivity (Wildman–Crippen MR) is 77.3 cm³/mol. The van der Waals surface area contributed by atoms with Gasteiger partial charge in [0.1, 0.15) is 5.75 Å².